The van der Waals surface area contributed by atoms with Crippen LogP contribution in [0.5, 0.6) is 17.2 Å². The Hall–Kier alpha value is -4.72. The van der Waals surface area contributed by atoms with E-state index in [0.29, 0.717) is 34.9 Å². The minimum Gasteiger partial charge on any atom is -0.493 e. The largest absolute Gasteiger partial charge is 0.493 e. The molecule has 0 aromatic heterocycles. The number of dihydropyridines is 1. The second kappa shape index (κ2) is 13.5. The molecule has 0 bridgehead atoms. The zero-order valence-electron chi connectivity index (χ0n) is 25.9. The van der Waals surface area contributed by atoms with Gasteiger partial charge in [-0.25, -0.2) is 0 Å². The highest BCUT2D eigenvalue weighted by atomic mass is 16.5. The van der Waals surface area contributed by atoms with Gasteiger partial charge in [0.2, 0.25) is 11.8 Å². The number of hydrogen-bond donors (Lipinski definition) is 2. The molecule has 0 aliphatic carbocycles. The van der Waals surface area contributed by atoms with Crippen molar-refractivity contribution in [1.29, 1.82) is 5.41 Å². The van der Waals surface area contributed by atoms with Crippen LogP contribution in [0.1, 0.15) is 62.4 Å². The second-order valence-electron chi connectivity index (χ2n) is 11.4. The predicted octanol–water partition coefficient (Wildman–Crippen LogP) is 7.31. The fourth-order valence-electron chi connectivity index (χ4n) is 4.87. The maximum absolute atomic E-state index is 13.3. The fraction of sp³-hybridized carbons (Fsp3) is 0.314. The van der Waals surface area contributed by atoms with Crippen molar-refractivity contribution in [2.75, 3.05) is 14.2 Å². The van der Waals surface area contributed by atoms with Gasteiger partial charge in [0.1, 0.15) is 5.75 Å². The number of benzene rings is 3. The van der Waals surface area contributed by atoms with E-state index in [1.807, 2.05) is 43.3 Å². The van der Waals surface area contributed by atoms with Crippen molar-refractivity contribution in [3.63, 3.8) is 0 Å². The number of amides is 1. The molecule has 3 aromatic carbocycles. The van der Waals surface area contributed by atoms with Crippen LogP contribution in [0, 0.1) is 17.7 Å². The van der Waals surface area contributed by atoms with Gasteiger partial charge in [-0.05, 0) is 48.7 Å². The zero-order valence-corrected chi connectivity index (χ0v) is 25.9. The first kappa shape index (κ1) is 31.2. The van der Waals surface area contributed by atoms with Crippen molar-refractivity contribution in [2.24, 2.45) is 15.4 Å². The summed E-state index contributed by atoms with van der Waals surface area (Å²) in [6.45, 7) is 10.1. The molecule has 0 saturated heterocycles. The van der Waals surface area contributed by atoms with Crippen molar-refractivity contribution < 1.29 is 19.0 Å². The molecule has 0 saturated carbocycles. The quantitative estimate of drug-likeness (QED) is 0.204. The van der Waals surface area contributed by atoms with Gasteiger partial charge in [0.15, 0.2) is 11.5 Å². The molecule has 1 amide bonds. The number of carbonyl (C=O) groups is 1. The summed E-state index contributed by atoms with van der Waals surface area (Å²) in [5, 5.41) is 11.9. The molecule has 0 fully saturated rings. The van der Waals surface area contributed by atoms with Crippen LogP contribution < -0.4 is 19.5 Å². The number of methoxy groups -OCH3 is 2. The molecule has 43 heavy (non-hydrogen) atoms. The number of nitrogens with one attached hydrogen (secondary N) is 2. The summed E-state index contributed by atoms with van der Waals surface area (Å²) >= 11 is 0. The molecule has 2 N–H and O–H groups in total. The van der Waals surface area contributed by atoms with Gasteiger partial charge < -0.3 is 19.5 Å². The number of carbonyl (C=O) groups excluding carboxylic acids is 1. The molecule has 1 aliphatic rings. The van der Waals surface area contributed by atoms with E-state index in [1.165, 1.54) is 7.11 Å². The van der Waals surface area contributed by atoms with Crippen LogP contribution in [0.25, 0.3) is 0 Å². The van der Waals surface area contributed by atoms with Crippen LogP contribution in [-0.2, 0) is 11.2 Å². The van der Waals surface area contributed by atoms with Crippen LogP contribution in [-0.4, -0.2) is 38.0 Å². The Kier molecular flexibility index (Phi) is 9.80. The zero-order chi connectivity index (χ0) is 31.1. The first-order valence-electron chi connectivity index (χ1n) is 14.3. The molecule has 4 rings (SSSR count). The third-order valence-corrected chi connectivity index (χ3v) is 7.25. The summed E-state index contributed by atoms with van der Waals surface area (Å²) in [5.41, 5.74) is 5.32. The predicted molar refractivity (Wildman–Crippen MR) is 173 cm³/mol. The van der Waals surface area contributed by atoms with E-state index >= 15 is 0 Å². The van der Waals surface area contributed by atoms with Crippen molar-refractivity contribution in [2.45, 2.75) is 53.5 Å². The Morgan fingerprint density at radius 1 is 1.05 bits per heavy atom. The molecule has 0 spiro atoms. The summed E-state index contributed by atoms with van der Waals surface area (Å²) in [6, 6.07) is 19.0. The highest BCUT2D eigenvalue weighted by Gasteiger charge is 2.26. The Labute approximate surface area is 254 Å². The Balaban J connectivity index is 1.52. The molecular weight excluding hydrogens is 540 g/mol. The van der Waals surface area contributed by atoms with E-state index in [4.69, 9.17) is 24.6 Å². The normalized spacial score (nSPS) is 15.0. The Morgan fingerprint density at radius 3 is 2.40 bits per heavy atom. The molecule has 0 unspecified atom stereocenters. The summed E-state index contributed by atoms with van der Waals surface area (Å²) in [7, 11) is 3.09. The van der Waals surface area contributed by atoms with Crippen LogP contribution in [0.2, 0.25) is 0 Å². The average Bonchev–Trinajstić information content (AvgIpc) is 2.98. The average molecular weight is 581 g/mol. The van der Waals surface area contributed by atoms with Crippen molar-refractivity contribution in [1.82, 2.24) is 5.32 Å². The van der Waals surface area contributed by atoms with Gasteiger partial charge in [-0.2, -0.15) is 0 Å². The summed E-state index contributed by atoms with van der Waals surface area (Å²) in [4.78, 5) is 22.7. The molecule has 1 heterocycles. The highest BCUT2D eigenvalue weighted by molar-refractivity contribution is 6.01. The van der Waals surface area contributed by atoms with Gasteiger partial charge in [-0.1, -0.05) is 63.2 Å². The van der Waals surface area contributed by atoms with Gasteiger partial charge >= 0.3 is 0 Å². The molecule has 8 nitrogen and oxygen atoms in total. The van der Waals surface area contributed by atoms with E-state index in [1.54, 1.807) is 38.4 Å². The molecule has 1 aliphatic heterocycles. The van der Waals surface area contributed by atoms with Gasteiger partial charge in [0.05, 0.1) is 37.9 Å². The lowest BCUT2D eigenvalue weighted by molar-refractivity contribution is -0.119. The highest BCUT2D eigenvalue weighted by Crippen LogP contribution is 2.36. The van der Waals surface area contributed by atoms with E-state index in [0.717, 1.165) is 28.1 Å². The molecular formula is C35H40N4O4. The van der Waals surface area contributed by atoms with Crippen molar-refractivity contribution >= 4 is 29.4 Å². The lowest BCUT2D eigenvalue weighted by Crippen LogP contribution is -2.30. The maximum atomic E-state index is 13.3. The number of allylic oxidation sites excluding steroid dienone is 1. The number of nitrogens with zero attached hydrogens (tertiary/aromatic N) is 2. The van der Waals surface area contributed by atoms with E-state index in [2.05, 4.69) is 43.2 Å². The van der Waals surface area contributed by atoms with E-state index in [9.17, 15) is 4.79 Å². The topological polar surface area (TPSA) is 105 Å². The molecule has 0 radical (unpaired) electrons. The Bertz CT molecular complexity index is 1580. The van der Waals surface area contributed by atoms with Gasteiger partial charge in [0, 0.05) is 35.5 Å². The van der Waals surface area contributed by atoms with Crippen LogP contribution >= 0.6 is 0 Å². The summed E-state index contributed by atoms with van der Waals surface area (Å²) < 4.78 is 16.9. The number of aliphatic imine (C=N–C) groups is 2. The lowest BCUT2D eigenvalue weighted by Gasteiger charge is -2.28. The first-order valence-corrected chi connectivity index (χ1v) is 14.3. The molecule has 1 atom stereocenters. The smallest absolute Gasteiger partial charge is 0.228 e. The van der Waals surface area contributed by atoms with E-state index < -0.39 is 0 Å². The van der Waals surface area contributed by atoms with E-state index in [-0.39, 0.29) is 29.7 Å². The first-order chi connectivity index (χ1) is 20.5. The monoisotopic (exact) mass is 580 g/mol. The molecule has 3 aromatic rings. The number of hydrogen-bond acceptors (Lipinski definition) is 7. The SMILES string of the molecule is CC=Nc1cc(OC)c(OC)cc1C(=N)Oc1cccc(CC(=O)NC2=CC(C(C)(C)C)=N[C@H](c3ccccc3)C2)c1C. The third kappa shape index (κ3) is 7.57. The summed E-state index contributed by atoms with van der Waals surface area (Å²) in [6.07, 6.45) is 4.42. The second-order valence-corrected chi connectivity index (χ2v) is 11.4. The minimum atomic E-state index is -0.160. The summed E-state index contributed by atoms with van der Waals surface area (Å²) in [5.74, 6) is 1.24. The standard InChI is InChI=1S/C35H40N4O4/c1-8-37-28-21-31(42-7)30(41-6)20-26(28)34(36)43-29-16-12-15-24(22(29)2)17-33(40)38-25-18-27(23-13-10-9-11-14-23)39-32(19-25)35(3,4)5/h8-16,19-21,27,36H,17-18H2,1-7H3,(H,38,40)/t27-/m0/s1. The number of rotatable bonds is 9. The van der Waals surface area contributed by atoms with Gasteiger partial charge in [-0.3, -0.25) is 20.2 Å². The van der Waals surface area contributed by atoms with Crippen molar-refractivity contribution in [3.05, 3.63) is 94.7 Å². The molecule has 224 valence electrons. The van der Waals surface area contributed by atoms with Crippen LogP contribution in [0.4, 0.5) is 5.69 Å². The van der Waals surface area contributed by atoms with Crippen LogP contribution in [0.15, 0.2) is 82.4 Å². The third-order valence-electron chi connectivity index (χ3n) is 7.25. The van der Waals surface area contributed by atoms with Gasteiger partial charge in [0.25, 0.3) is 0 Å². The van der Waals surface area contributed by atoms with Crippen LogP contribution in [0.3, 0.4) is 0 Å². The number of ether oxygens (including phenoxy) is 3. The lowest BCUT2D eigenvalue weighted by atomic mass is 9.86. The molecule has 8 heteroatoms. The minimum absolute atomic E-state index is 0.0567. The Morgan fingerprint density at radius 2 is 1.74 bits per heavy atom. The fourth-order valence-corrected chi connectivity index (χ4v) is 4.87. The van der Waals surface area contributed by atoms with Crippen molar-refractivity contribution in [3.8, 4) is 17.2 Å². The van der Waals surface area contributed by atoms with Gasteiger partial charge in [-0.15, -0.1) is 0 Å². The maximum Gasteiger partial charge on any atom is 0.228 e.